The molecule has 0 spiro atoms. The molecule has 0 aromatic heterocycles. The van der Waals surface area contributed by atoms with Crippen molar-refractivity contribution in [1.29, 1.82) is 0 Å². The van der Waals surface area contributed by atoms with Crippen LogP contribution in [-0.4, -0.2) is 219 Å². The van der Waals surface area contributed by atoms with Crippen molar-refractivity contribution >= 4 is 76.6 Å². The van der Waals surface area contributed by atoms with E-state index >= 15 is 0 Å². The maximum absolute atomic E-state index is 14.6. The summed E-state index contributed by atoms with van der Waals surface area (Å²) >= 11 is 5.89. The number of aliphatic carboxylic acids is 1. The van der Waals surface area contributed by atoms with Gasteiger partial charge in [0.05, 0.1) is 142 Å². The van der Waals surface area contributed by atoms with Crippen molar-refractivity contribution in [2.45, 2.75) is 208 Å². The minimum absolute atomic E-state index is 0.160. The number of amides is 4. The molecular formula is C105H143N13O23S4. The number of carbonyl (C=O) groups is 5. The molecule has 1 aliphatic rings. The number of nitrogens with two attached hydrogens (primary N) is 1. The Bertz CT molecular complexity index is 4950. The summed E-state index contributed by atoms with van der Waals surface area (Å²) in [6, 6.07) is 64.7. The number of quaternary nitrogens is 4. The standard InChI is InChI=1S/C96H128N8O8S4.C9H11NO3.4NO3/c1-93(2,3)73-53-77-89(109-65-85(105)97-45-33-49-101(13,14)61-69-37-25-21-26-38-69)78(54-73)114-80-56-75(95(7,8)9)58-82(91(80)111-67-87(107)99-47-35-51-103(17,18)63-71-41-29-23-30-42-71)116-84-60-76(96(10,11)12)59-83(92(84)112-68-88(108)100-48-36-52-104(19,20)64-72-43-31-24-32-44-72)115-81-57-74(94(4,5)6)55-79(113-77)90(81)110-66-86(106)98-46-34-50-102(15,16)62-70-39-27-22-28-40-70;10-8(9(12)13)5-6-1-3-7(11)4-2-6;4*2-1(3)4/h21-32,37-44,53-60H,33-36,45-52,61-68H2,1-20H3;1-4,8,11H,5,10H2,(H,12,13);;;;/q;;4*-1/p+4. The SMILES string of the molecule is CC(C)(C)c1cc2c(OCC(=O)NCCC[N+](C)(C)Cc3ccccc3)c(c1)Sc1cc(C(C)(C)C)cc(c1OCC(=O)NCCC[N+](C)(C)Cc1ccccc1)Sc1cc(C(C)(C)C)cc(c1OCC(=O)NCCC[N+](C)(C)Cc1ccccc1)Sc1cc(C(C)(C)C)cc(c1OCC(=O)NCCC[N+](C)(C)Cc1ccccc1)S2.NC(Cc1ccc(O)cc1)C(=O)O.O=[N+]([O-])[O-].O=[N+]([O-])[O-].O=[N+]([O-])[O-].O=[N+]([O-])[O-]. The first-order chi connectivity index (χ1) is 67.6. The quantitative estimate of drug-likeness (QED) is 0.00814. The van der Waals surface area contributed by atoms with Gasteiger partial charge in [-0.25, -0.2) is 0 Å². The van der Waals surface area contributed by atoms with E-state index in [-0.39, 0.29) is 62.2 Å². The van der Waals surface area contributed by atoms with Crippen molar-refractivity contribution in [3.05, 3.63) is 305 Å². The van der Waals surface area contributed by atoms with E-state index in [0.29, 0.717) is 88.3 Å². The number of carboxylic acid groups (broad SMARTS) is 1. The highest BCUT2D eigenvalue weighted by Gasteiger charge is 2.33. The molecule has 0 aliphatic carbocycles. The molecule has 145 heavy (non-hydrogen) atoms. The Morgan fingerprint density at radius 1 is 0.324 bits per heavy atom. The number of benzene rings is 9. The fourth-order valence-corrected chi connectivity index (χ4v) is 19.8. The molecule has 1 unspecified atom stereocenters. The molecule has 9 aromatic rings. The molecule has 4 amide bonds. The van der Waals surface area contributed by atoms with Gasteiger partial charge in [0.25, 0.3) is 23.6 Å². The van der Waals surface area contributed by atoms with Crippen LogP contribution in [0.2, 0.25) is 0 Å². The number of carboxylic acids is 1. The Morgan fingerprint density at radius 3 is 0.669 bits per heavy atom. The van der Waals surface area contributed by atoms with E-state index in [0.717, 1.165) is 124 Å². The lowest BCUT2D eigenvalue weighted by Gasteiger charge is -2.30. The van der Waals surface area contributed by atoms with Crippen LogP contribution >= 0.6 is 47.0 Å². The Morgan fingerprint density at radius 2 is 0.503 bits per heavy atom. The van der Waals surface area contributed by atoms with Gasteiger partial charge in [-0.3, -0.25) is 24.0 Å². The summed E-state index contributed by atoms with van der Waals surface area (Å²) in [5.74, 6) is -0.0236. The number of ether oxygens (including phenoxy) is 4. The molecule has 9 aromatic carbocycles. The van der Waals surface area contributed by atoms with Gasteiger partial charge in [0, 0.05) is 74.1 Å². The Balaban J connectivity index is 0.00000111. The number of fused-ring (bicyclic) bond motifs is 8. The summed E-state index contributed by atoms with van der Waals surface area (Å²) < 4.78 is 31.6. The highest BCUT2D eigenvalue weighted by molar-refractivity contribution is 8.01. The lowest BCUT2D eigenvalue weighted by molar-refractivity contribution is -0.903. The summed E-state index contributed by atoms with van der Waals surface area (Å²) in [6.07, 6.45) is 3.28. The number of rotatable bonds is 39. The normalized spacial score (nSPS) is 12.2. The van der Waals surface area contributed by atoms with Gasteiger partial charge >= 0.3 is 5.97 Å². The lowest BCUT2D eigenvalue weighted by atomic mass is 9.87. The molecule has 0 fully saturated rings. The fourth-order valence-electron chi connectivity index (χ4n) is 15.0. The van der Waals surface area contributed by atoms with E-state index in [1.165, 1.54) is 81.4 Å². The Labute approximate surface area is 867 Å². The van der Waals surface area contributed by atoms with Crippen molar-refractivity contribution in [1.82, 2.24) is 21.3 Å². The van der Waals surface area contributed by atoms with Crippen molar-refractivity contribution in [3.8, 4) is 28.7 Å². The molecule has 8 N–H and O–H groups in total. The van der Waals surface area contributed by atoms with Crippen LogP contribution in [0.3, 0.4) is 0 Å². The van der Waals surface area contributed by atoms with Gasteiger partial charge in [-0.2, -0.15) is 0 Å². The van der Waals surface area contributed by atoms with Gasteiger partial charge in [-0.1, -0.05) is 264 Å². The Kier molecular flexibility index (Phi) is 49.0. The zero-order chi connectivity index (χ0) is 108. The van der Waals surface area contributed by atoms with E-state index in [2.05, 4.69) is 306 Å². The van der Waals surface area contributed by atoms with Gasteiger partial charge in [0.1, 0.15) is 61.0 Å². The predicted molar refractivity (Wildman–Crippen MR) is 567 cm³/mol. The van der Waals surface area contributed by atoms with E-state index in [1.54, 1.807) is 12.1 Å². The lowest BCUT2D eigenvalue weighted by Crippen LogP contribution is -2.41. The topological polar surface area (TPSA) is 502 Å². The molecule has 790 valence electrons. The second kappa shape index (κ2) is 57.9. The smallest absolute Gasteiger partial charge is 0.320 e. The zero-order valence-electron chi connectivity index (χ0n) is 86.7. The zero-order valence-corrected chi connectivity index (χ0v) is 89.9. The number of phenolic OH excluding ortho intramolecular Hbond substituents is 1. The second-order valence-electron chi connectivity index (χ2n) is 41.5. The van der Waals surface area contributed by atoms with Crippen molar-refractivity contribution in [2.75, 3.05) is 135 Å². The largest absolute Gasteiger partial charge is 0.508 e. The van der Waals surface area contributed by atoms with E-state index < -0.39 is 54.0 Å². The number of nitrogens with one attached hydrogen (secondary N) is 4. The number of aromatic hydroxyl groups is 1. The van der Waals surface area contributed by atoms with Crippen molar-refractivity contribution < 1.29 is 91.4 Å². The van der Waals surface area contributed by atoms with Crippen LogP contribution in [-0.2, 0) is 78.2 Å². The fraction of sp³-hybridized carbons (Fsp3) is 0.438. The number of carbonyl (C=O) groups excluding carboxylic acids is 4. The summed E-state index contributed by atoms with van der Waals surface area (Å²) in [5.41, 5.74) is 13.5. The molecule has 40 heteroatoms. The molecule has 1 heterocycles. The molecule has 0 radical (unpaired) electrons. The average molecular weight is 2080 g/mol. The van der Waals surface area contributed by atoms with Crippen LogP contribution in [0.1, 0.15) is 159 Å². The second-order valence-corrected chi connectivity index (χ2v) is 45.8. The van der Waals surface area contributed by atoms with E-state index in [9.17, 15) is 24.0 Å². The van der Waals surface area contributed by atoms with Gasteiger partial charge in [0.2, 0.25) is 0 Å². The molecule has 1 aliphatic heterocycles. The van der Waals surface area contributed by atoms with Crippen LogP contribution in [0, 0.1) is 61.3 Å². The maximum atomic E-state index is 14.6. The summed E-state index contributed by atoms with van der Waals surface area (Å²) in [5, 5.41) is 89.3. The maximum Gasteiger partial charge on any atom is 0.320 e. The molecule has 1 atom stereocenters. The van der Waals surface area contributed by atoms with Gasteiger partial charge in [-0.05, 0) is 117 Å². The Hall–Kier alpha value is -12.7. The van der Waals surface area contributed by atoms with Crippen molar-refractivity contribution in [2.24, 2.45) is 5.73 Å². The van der Waals surface area contributed by atoms with Gasteiger partial charge in [0.15, 0.2) is 26.4 Å². The summed E-state index contributed by atoms with van der Waals surface area (Å²) in [7, 11) is 17.7. The average Bonchev–Trinajstić information content (AvgIpc) is 0.756. The van der Waals surface area contributed by atoms with Crippen LogP contribution in [0.15, 0.2) is 233 Å². The van der Waals surface area contributed by atoms with Gasteiger partial charge < -0.3 is 135 Å². The highest BCUT2D eigenvalue weighted by atomic mass is 32.2. The molecule has 10 rings (SSSR count). The van der Waals surface area contributed by atoms with Crippen LogP contribution in [0.5, 0.6) is 28.7 Å². The molecule has 0 saturated carbocycles. The molecular weight excluding hydrogens is 1940 g/mol. The first-order valence-corrected chi connectivity index (χ1v) is 50.3. The van der Waals surface area contributed by atoms with Crippen molar-refractivity contribution in [3.63, 3.8) is 0 Å². The summed E-state index contributed by atoms with van der Waals surface area (Å²) in [4.78, 5) is 107. The molecule has 36 nitrogen and oxygen atoms in total. The third kappa shape index (κ3) is 48.3. The van der Waals surface area contributed by atoms with Gasteiger partial charge in [-0.15, -0.1) is 0 Å². The number of nitrogens with zero attached hydrogens (tertiary/aromatic N) is 8. The number of phenols is 1. The number of hydrogen-bond acceptors (Lipinski definition) is 27. The third-order valence-electron chi connectivity index (χ3n) is 22.4. The molecule has 8 bridgehead atoms. The predicted octanol–water partition coefficient (Wildman–Crippen LogP) is 17.8. The summed E-state index contributed by atoms with van der Waals surface area (Å²) in [6.45, 7) is 33.8. The molecule has 0 saturated heterocycles. The third-order valence-corrected chi connectivity index (χ3v) is 26.6. The first kappa shape index (κ1) is 123. The van der Waals surface area contributed by atoms with Crippen LogP contribution in [0.4, 0.5) is 0 Å². The van der Waals surface area contributed by atoms with E-state index in [4.69, 9.17) is 96.2 Å². The minimum Gasteiger partial charge on any atom is -0.508 e. The van der Waals surface area contributed by atoms with Crippen LogP contribution < -0.4 is 45.9 Å². The van der Waals surface area contributed by atoms with Crippen LogP contribution in [0.25, 0.3) is 0 Å². The minimum atomic E-state index is -1.75. The van der Waals surface area contributed by atoms with E-state index in [1.807, 2.05) is 24.3 Å². The monoisotopic (exact) mass is 2080 g/mol. The highest BCUT2D eigenvalue weighted by Crippen LogP contribution is 2.57. The number of hydrogen-bond donors (Lipinski definition) is 7. The first-order valence-electron chi connectivity index (χ1n) is 47.1.